The zero-order valence-corrected chi connectivity index (χ0v) is 58.3. The fourth-order valence-electron chi connectivity index (χ4n) is 12.4. The van der Waals surface area contributed by atoms with E-state index in [2.05, 4.69) is 127 Å². The molecule has 4 N–H and O–H groups in total. The third-order valence-electron chi connectivity index (χ3n) is 18.5. The Hall–Kier alpha value is -6.98. The molecule has 0 bridgehead atoms. The molecule has 8 aliphatic rings. The molecule has 522 valence electrons. The first kappa shape index (κ1) is 73.3. The Morgan fingerprint density at radius 2 is 0.885 bits per heavy atom. The van der Waals surface area contributed by atoms with E-state index < -0.39 is 11.6 Å². The maximum Gasteiger partial charge on any atom is 0.271 e. The highest BCUT2D eigenvalue weighted by Crippen LogP contribution is 2.30. The van der Waals surface area contributed by atoms with Crippen molar-refractivity contribution in [1.29, 1.82) is 0 Å². The van der Waals surface area contributed by atoms with Crippen molar-refractivity contribution in [2.24, 2.45) is 0 Å². The lowest BCUT2D eigenvalue weighted by atomic mass is 10.1. The zero-order chi connectivity index (χ0) is 68.1. The third-order valence-corrected chi connectivity index (χ3v) is 19.0. The Balaban J connectivity index is 0.000000148. The third kappa shape index (κ3) is 20.8. The predicted molar refractivity (Wildman–Crippen MR) is 379 cm³/mol. The van der Waals surface area contributed by atoms with E-state index in [9.17, 15) is 29.0 Å². The summed E-state index contributed by atoms with van der Waals surface area (Å²) in [5.41, 5.74) is 16.3. The summed E-state index contributed by atoms with van der Waals surface area (Å²) in [5, 5.41) is 32.4. The van der Waals surface area contributed by atoms with Crippen molar-refractivity contribution in [2.75, 3.05) is 183 Å². The van der Waals surface area contributed by atoms with Gasteiger partial charge in [-0.1, -0.05) is 57.5 Å². The molecule has 96 heavy (non-hydrogen) atoms. The number of ether oxygens (including phenoxy) is 4. The van der Waals surface area contributed by atoms with Crippen molar-refractivity contribution in [2.45, 2.75) is 91.4 Å². The first-order valence-electron chi connectivity index (χ1n) is 34.2. The topological polar surface area (TPSA) is 227 Å². The second kappa shape index (κ2) is 36.6. The van der Waals surface area contributed by atoms with Gasteiger partial charge in [-0.2, -0.15) is 4.98 Å². The van der Waals surface area contributed by atoms with Crippen LogP contribution in [0.5, 0.6) is 0 Å². The van der Waals surface area contributed by atoms with E-state index in [1.54, 1.807) is 18.2 Å². The van der Waals surface area contributed by atoms with E-state index in [1.165, 1.54) is 64.8 Å². The average molecular weight is 1400 g/mol. The number of halogens is 3. The lowest BCUT2D eigenvalue weighted by molar-refractivity contribution is -0.385. The lowest BCUT2D eigenvalue weighted by Crippen LogP contribution is -2.56. The molecular weight excluding hydrogens is 1300 g/mol. The lowest BCUT2D eigenvalue weighted by Gasteiger charge is -2.43. The van der Waals surface area contributed by atoms with E-state index >= 15 is 0 Å². The number of nitrogen functional groups attached to an aromatic ring is 1. The van der Waals surface area contributed by atoms with Crippen LogP contribution in [-0.2, 0) is 44.6 Å². The molecular formula is C70H98BrF2N15O8. The molecule has 14 rings (SSSR count). The number of nitro groups is 2. The van der Waals surface area contributed by atoms with E-state index in [4.69, 9.17) is 24.7 Å². The van der Waals surface area contributed by atoms with Gasteiger partial charge in [0.1, 0.15) is 18.0 Å². The van der Waals surface area contributed by atoms with Gasteiger partial charge in [-0.25, -0.2) is 13.5 Å². The summed E-state index contributed by atoms with van der Waals surface area (Å²) in [4.78, 5) is 42.2. The SMILES string of the molecule is C1CN(C2COC2)CCN1.CC.CCc1cc(Br)cc([N+](=O)[O-])c1.CCc1cc(N)cc(N2CCN(C3COC3)CC2)c1.CCc1cc(N2CCN(C3COC3)CC2)cc([N+](=O)[O-])c1.CCc1cc(Nc2ncn(-c3cc(F)cc(F)c3)n2)cc(N2CCN(C3COC3)CC2)c1. The normalized spacial score (nSPS) is 18.9. The minimum absolute atomic E-state index is 0.140. The Labute approximate surface area is 572 Å². The Bertz CT molecular complexity index is 3400. The molecule has 0 amide bonds. The van der Waals surface area contributed by atoms with Gasteiger partial charge in [0.05, 0.1) is 92.6 Å². The van der Waals surface area contributed by atoms with Gasteiger partial charge in [0, 0.05) is 168 Å². The molecule has 8 fully saturated rings. The maximum absolute atomic E-state index is 13.5. The monoisotopic (exact) mass is 1390 g/mol. The highest BCUT2D eigenvalue weighted by molar-refractivity contribution is 9.10. The van der Waals surface area contributed by atoms with Crippen molar-refractivity contribution >= 4 is 61.7 Å². The first-order valence-corrected chi connectivity index (χ1v) is 35.0. The van der Waals surface area contributed by atoms with Gasteiger partial charge in [0.2, 0.25) is 5.95 Å². The molecule has 1 aromatic heterocycles. The van der Waals surface area contributed by atoms with Crippen LogP contribution in [0.25, 0.3) is 5.69 Å². The fraction of sp³-hybridized carbons (Fsp3) is 0.543. The number of rotatable bonds is 16. The van der Waals surface area contributed by atoms with Gasteiger partial charge < -0.3 is 50.0 Å². The van der Waals surface area contributed by atoms with Crippen LogP contribution < -0.4 is 31.1 Å². The van der Waals surface area contributed by atoms with Crippen LogP contribution >= 0.6 is 15.9 Å². The van der Waals surface area contributed by atoms with E-state index in [-0.39, 0.29) is 26.9 Å². The quantitative estimate of drug-likeness (QED) is 0.0465. The van der Waals surface area contributed by atoms with E-state index in [0.717, 1.165) is 215 Å². The predicted octanol–water partition coefficient (Wildman–Crippen LogP) is 9.64. The number of nitrogens with two attached hydrogens (primary N) is 1. The molecule has 0 atom stereocenters. The van der Waals surface area contributed by atoms with E-state index in [0.29, 0.717) is 24.1 Å². The largest absolute Gasteiger partial charge is 0.399 e. The maximum atomic E-state index is 13.5. The number of nitrogens with one attached hydrogen (secondary N) is 2. The molecule has 0 saturated carbocycles. The van der Waals surface area contributed by atoms with Crippen LogP contribution in [0.15, 0.2) is 102 Å². The summed E-state index contributed by atoms with van der Waals surface area (Å²) in [6, 6.07) is 29.1. The molecule has 26 heteroatoms. The van der Waals surface area contributed by atoms with Gasteiger partial charge in [-0.15, -0.1) is 5.10 Å². The molecule has 0 radical (unpaired) electrons. The van der Waals surface area contributed by atoms with Gasteiger partial charge in [0.15, 0.2) is 0 Å². The summed E-state index contributed by atoms with van der Waals surface area (Å²) in [6.07, 6.45) is 5.00. The minimum Gasteiger partial charge on any atom is -0.399 e. The first-order chi connectivity index (χ1) is 46.6. The number of nitrogens with zero attached hydrogens (tertiary/aromatic N) is 12. The van der Waals surface area contributed by atoms with Crippen molar-refractivity contribution in [3.63, 3.8) is 0 Å². The zero-order valence-electron chi connectivity index (χ0n) is 56.7. The fourth-order valence-corrected chi connectivity index (χ4v) is 12.9. The van der Waals surface area contributed by atoms with Crippen molar-refractivity contribution in [1.82, 2.24) is 39.7 Å². The molecule has 0 unspecified atom stereocenters. The number of aryl methyl sites for hydroxylation is 4. The van der Waals surface area contributed by atoms with Crippen LogP contribution in [0.3, 0.4) is 0 Å². The molecule has 8 saturated heterocycles. The Kier molecular flexibility index (Phi) is 27.9. The van der Waals surface area contributed by atoms with Gasteiger partial charge >= 0.3 is 0 Å². The number of aromatic nitrogens is 3. The number of benzene rings is 5. The van der Waals surface area contributed by atoms with Gasteiger partial charge in [0.25, 0.3) is 11.4 Å². The highest BCUT2D eigenvalue weighted by Gasteiger charge is 2.32. The van der Waals surface area contributed by atoms with Crippen LogP contribution in [0.2, 0.25) is 0 Å². The summed E-state index contributed by atoms with van der Waals surface area (Å²) in [6.45, 7) is 36.4. The van der Waals surface area contributed by atoms with Crippen LogP contribution in [0.1, 0.15) is 63.8 Å². The van der Waals surface area contributed by atoms with Crippen molar-refractivity contribution in [3.05, 3.63) is 156 Å². The number of nitro benzene ring substituents is 2. The second-order valence-electron chi connectivity index (χ2n) is 24.8. The number of hydrogen-bond donors (Lipinski definition) is 3. The molecule has 23 nitrogen and oxygen atoms in total. The number of hydrogen-bond acceptors (Lipinski definition) is 20. The Morgan fingerprint density at radius 3 is 1.30 bits per heavy atom. The minimum atomic E-state index is -0.657. The van der Waals surface area contributed by atoms with Gasteiger partial charge in [-0.3, -0.25) is 39.8 Å². The van der Waals surface area contributed by atoms with E-state index in [1.807, 2.05) is 33.8 Å². The van der Waals surface area contributed by atoms with Crippen molar-refractivity contribution < 1.29 is 37.6 Å². The van der Waals surface area contributed by atoms with Gasteiger partial charge in [-0.05, 0) is 109 Å². The summed E-state index contributed by atoms with van der Waals surface area (Å²) in [5.74, 6) is -0.950. The second-order valence-corrected chi connectivity index (χ2v) is 25.7. The molecule has 8 aliphatic heterocycles. The average Bonchev–Trinajstić information content (AvgIpc) is 1.27. The number of anilines is 6. The highest BCUT2D eigenvalue weighted by atomic mass is 79.9. The van der Waals surface area contributed by atoms with Crippen molar-refractivity contribution in [3.8, 4) is 5.69 Å². The molecule has 5 aromatic carbocycles. The number of piperazine rings is 4. The number of non-ortho nitro benzene ring substituents is 2. The molecule has 0 aliphatic carbocycles. The van der Waals surface area contributed by atoms with Crippen LogP contribution in [-0.4, -0.2) is 226 Å². The van der Waals surface area contributed by atoms with Crippen LogP contribution in [0, 0.1) is 31.9 Å². The summed E-state index contributed by atoms with van der Waals surface area (Å²) in [7, 11) is 0. The summed E-state index contributed by atoms with van der Waals surface area (Å²) < 4.78 is 50.1. The molecule has 0 spiro atoms. The summed E-state index contributed by atoms with van der Waals surface area (Å²) >= 11 is 3.22. The molecule has 6 aromatic rings. The molecule has 9 heterocycles. The smallest absolute Gasteiger partial charge is 0.271 e. The standard InChI is InChI=1S/C23H26F2N6O.C15H21N3O3.C15H23N3O.C8H8BrNO2.C7H14N2O.C2H6/c1-2-16-7-19(12-20(8-16)29-3-5-30(6-4-29)22-13-32-14-22)27-23-26-15-31(28-23)21-10-17(24)9-18(25)11-21;1-2-12-7-13(9-14(8-12)18(19)20)16-3-5-17(6-4-16)15-10-21-11-15;1-2-12-7-13(16)9-14(8-12)17-3-5-18(6-4-17)15-10-19-11-15;1-2-6-3-7(9)5-8(4-6)10(11)12;1-3-9(4-2-8-1)7-5-10-6-7;1-2/h7-12,15,22H,2-6,13-14H2,1H3,(H,27,28);7-9,15H,2-6,10-11H2,1H3;7-9,15H,2-6,10-11,16H2,1H3;3-5H,2H2,1H3;7-8H,1-6H2;1-2H3. The Morgan fingerprint density at radius 1 is 0.500 bits per heavy atom. The van der Waals surface area contributed by atoms with Crippen LogP contribution in [0.4, 0.5) is 54.5 Å².